The van der Waals surface area contributed by atoms with Crippen LogP contribution in [0.5, 0.6) is 5.75 Å². The van der Waals surface area contributed by atoms with Crippen molar-refractivity contribution >= 4 is 32.8 Å². The molecule has 0 aliphatic carbocycles. The summed E-state index contributed by atoms with van der Waals surface area (Å²) in [5.41, 5.74) is 0.942. The lowest BCUT2D eigenvalue weighted by Crippen LogP contribution is -1.78. The molecule has 0 bridgehead atoms. The number of nitrogens with one attached hydrogen (secondary N) is 1. The molecule has 0 radical (unpaired) electrons. The Bertz CT molecular complexity index is 474. The largest absolute Gasteiger partial charge is 0.506 e. The van der Waals surface area contributed by atoms with E-state index in [1.807, 2.05) is 18.2 Å². The standard InChI is InChI=1S/C8H6BrNO.C2H4O2/c9-5-1-2-6-7(3-5)10-4-8(6)11;1-2(3)4/h1-4,10-11H;1H3,(H,3,4). The number of aromatic hydroxyl groups is 1. The van der Waals surface area contributed by atoms with Crippen LogP contribution in [0, 0.1) is 0 Å². The molecule has 0 amide bonds. The number of aliphatic carboxylic acids is 1. The molecular formula is C10H10BrNO3. The molecule has 0 fully saturated rings. The van der Waals surface area contributed by atoms with Crippen molar-refractivity contribution in [3.63, 3.8) is 0 Å². The van der Waals surface area contributed by atoms with Crippen molar-refractivity contribution in [2.24, 2.45) is 0 Å². The lowest BCUT2D eigenvalue weighted by Gasteiger charge is -1.90. The maximum absolute atomic E-state index is 9.26. The lowest BCUT2D eigenvalue weighted by atomic mass is 10.2. The molecule has 1 aromatic heterocycles. The Morgan fingerprint density at radius 3 is 2.67 bits per heavy atom. The van der Waals surface area contributed by atoms with Crippen LogP contribution in [0.4, 0.5) is 0 Å². The minimum atomic E-state index is -0.833. The van der Waals surface area contributed by atoms with Crippen molar-refractivity contribution in [2.45, 2.75) is 6.92 Å². The first-order valence-electron chi connectivity index (χ1n) is 4.16. The van der Waals surface area contributed by atoms with Crippen LogP contribution in [0.25, 0.3) is 10.9 Å². The molecule has 0 aliphatic heterocycles. The summed E-state index contributed by atoms with van der Waals surface area (Å²) in [6.45, 7) is 1.08. The van der Waals surface area contributed by atoms with Gasteiger partial charge in [-0.3, -0.25) is 4.79 Å². The van der Waals surface area contributed by atoms with Gasteiger partial charge in [0.05, 0.1) is 5.52 Å². The Morgan fingerprint density at radius 2 is 2.07 bits per heavy atom. The number of benzene rings is 1. The molecule has 5 heteroatoms. The third-order valence-corrected chi connectivity index (χ3v) is 2.12. The average Bonchev–Trinajstić information content (AvgIpc) is 2.46. The number of carboxylic acids is 1. The van der Waals surface area contributed by atoms with Crippen molar-refractivity contribution in [3.8, 4) is 5.75 Å². The summed E-state index contributed by atoms with van der Waals surface area (Å²) in [5.74, 6) is -0.535. The van der Waals surface area contributed by atoms with Crippen LogP contribution in [-0.4, -0.2) is 21.2 Å². The first-order valence-corrected chi connectivity index (χ1v) is 4.95. The first-order chi connectivity index (χ1) is 7.00. The number of rotatable bonds is 0. The molecule has 0 atom stereocenters. The summed E-state index contributed by atoms with van der Waals surface area (Å²) < 4.78 is 1.01. The van der Waals surface area contributed by atoms with Gasteiger partial charge in [-0.1, -0.05) is 15.9 Å². The number of carboxylic acid groups (broad SMARTS) is 1. The molecule has 0 unspecified atom stereocenters. The van der Waals surface area contributed by atoms with Crippen LogP contribution in [0.1, 0.15) is 6.92 Å². The fraction of sp³-hybridized carbons (Fsp3) is 0.100. The number of carbonyl (C=O) groups is 1. The third-order valence-electron chi connectivity index (χ3n) is 1.62. The number of aromatic nitrogens is 1. The lowest BCUT2D eigenvalue weighted by molar-refractivity contribution is -0.134. The Labute approximate surface area is 94.7 Å². The van der Waals surface area contributed by atoms with Crippen LogP contribution in [0.3, 0.4) is 0 Å². The molecule has 1 aromatic carbocycles. The SMILES string of the molecule is CC(=O)O.Oc1c[nH]c2cc(Br)ccc12. The van der Waals surface area contributed by atoms with Crippen molar-refractivity contribution in [2.75, 3.05) is 0 Å². The Balaban J connectivity index is 0.000000245. The molecule has 2 aromatic rings. The van der Waals surface area contributed by atoms with E-state index in [0.29, 0.717) is 5.75 Å². The predicted molar refractivity (Wildman–Crippen MR) is 61.0 cm³/mol. The van der Waals surface area contributed by atoms with E-state index in [9.17, 15) is 5.11 Å². The highest BCUT2D eigenvalue weighted by Crippen LogP contribution is 2.26. The van der Waals surface area contributed by atoms with E-state index >= 15 is 0 Å². The zero-order valence-corrected chi connectivity index (χ0v) is 9.58. The van der Waals surface area contributed by atoms with E-state index in [1.54, 1.807) is 6.20 Å². The van der Waals surface area contributed by atoms with Crippen LogP contribution in [0.2, 0.25) is 0 Å². The molecule has 80 valence electrons. The molecule has 0 saturated heterocycles. The van der Waals surface area contributed by atoms with Gasteiger partial charge in [-0.15, -0.1) is 0 Å². The minimum absolute atomic E-state index is 0.299. The summed E-state index contributed by atoms with van der Waals surface area (Å²) in [5, 5.41) is 17.5. The number of fused-ring (bicyclic) bond motifs is 1. The van der Waals surface area contributed by atoms with Crippen LogP contribution in [-0.2, 0) is 4.79 Å². The van der Waals surface area contributed by atoms with E-state index in [2.05, 4.69) is 20.9 Å². The van der Waals surface area contributed by atoms with E-state index in [4.69, 9.17) is 9.90 Å². The number of hydrogen-bond acceptors (Lipinski definition) is 2. The summed E-state index contributed by atoms with van der Waals surface area (Å²) >= 11 is 3.34. The van der Waals surface area contributed by atoms with Gasteiger partial charge in [-0.25, -0.2) is 0 Å². The fourth-order valence-corrected chi connectivity index (χ4v) is 1.44. The number of H-pyrrole nitrogens is 1. The first kappa shape index (κ1) is 11.6. The maximum atomic E-state index is 9.26. The summed E-state index contributed by atoms with van der Waals surface area (Å²) in [6.07, 6.45) is 1.58. The Hall–Kier alpha value is -1.49. The number of hydrogen-bond donors (Lipinski definition) is 3. The van der Waals surface area contributed by atoms with E-state index in [1.165, 1.54) is 0 Å². The van der Waals surface area contributed by atoms with Gasteiger partial charge in [-0.05, 0) is 18.2 Å². The van der Waals surface area contributed by atoms with Crippen molar-refractivity contribution in [1.82, 2.24) is 4.98 Å². The molecule has 15 heavy (non-hydrogen) atoms. The second-order valence-corrected chi connectivity index (χ2v) is 3.80. The van der Waals surface area contributed by atoms with Gasteiger partial charge in [-0.2, -0.15) is 0 Å². The van der Waals surface area contributed by atoms with Gasteiger partial charge in [0.1, 0.15) is 5.75 Å². The Morgan fingerprint density at radius 1 is 1.47 bits per heavy atom. The minimum Gasteiger partial charge on any atom is -0.506 e. The second kappa shape index (κ2) is 4.84. The molecule has 0 aliphatic rings. The fourth-order valence-electron chi connectivity index (χ4n) is 1.08. The van der Waals surface area contributed by atoms with Crippen LogP contribution < -0.4 is 0 Å². The topological polar surface area (TPSA) is 73.3 Å². The smallest absolute Gasteiger partial charge is 0.300 e. The molecule has 0 saturated carbocycles. The molecular weight excluding hydrogens is 262 g/mol. The van der Waals surface area contributed by atoms with Gasteiger partial charge in [0, 0.05) is 23.0 Å². The molecule has 3 N–H and O–H groups in total. The van der Waals surface area contributed by atoms with Gasteiger partial charge in [0.2, 0.25) is 0 Å². The highest BCUT2D eigenvalue weighted by Gasteiger charge is 2.00. The molecule has 2 rings (SSSR count). The predicted octanol–water partition coefficient (Wildman–Crippen LogP) is 2.73. The average molecular weight is 272 g/mol. The Kier molecular flexibility index (Phi) is 3.74. The van der Waals surface area contributed by atoms with Crippen molar-refractivity contribution < 1.29 is 15.0 Å². The van der Waals surface area contributed by atoms with Crippen LogP contribution >= 0.6 is 15.9 Å². The van der Waals surface area contributed by atoms with Crippen molar-refractivity contribution in [3.05, 3.63) is 28.9 Å². The highest BCUT2D eigenvalue weighted by atomic mass is 79.9. The zero-order chi connectivity index (χ0) is 11.4. The third kappa shape index (κ3) is 3.28. The van der Waals surface area contributed by atoms with Gasteiger partial charge in [0.25, 0.3) is 5.97 Å². The van der Waals surface area contributed by atoms with E-state index in [-0.39, 0.29) is 0 Å². The summed E-state index contributed by atoms with van der Waals surface area (Å²) in [6, 6.07) is 5.69. The van der Waals surface area contributed by atoms with Gasteiger partial charge < -0.3 is 15.2 Å². The second-order valence-electron chi connectivity index (χ2n) is 2.88. The monoisotopic (exact) mass is 271 g/mol. The zero-order valence-electron chi connectivity index (χ0n) is 7.99. The maximum Gasteiger partial charge on any atom is 0.300 e. The number of aromatic amines is 1. The molecule has 4 nitrogen and oxygen atoms in total. The number of halogens is 1. The van der Waals surface area contributed by atoms with Gasteiger partial charge in [0.15, 0.2) is 0 Å². The molecule has 1 heterocycles. The van der Waals surface area contributed by atoms with Gasteiger partial charge >= 0.3 is 0 Å². The van der Waals surface area contributed by atoms with Crippen molar-refractivity contribution in [1.29, 1.82) is 0 Å². The van der Waals surface area contributed by atoms with Crippen LogP contribution in [0.15, 0.2) is 28.9 Å². The summed E-state index contributed by atoms with van der Waals surface area (Å²) in [7, 11) is 0. The van der Waals surface area contributed by atoms with E-state index in [0.717, 1.165) is 22.3 Å². The van der Waals surface area contributed by atoms with E-state index < -0.39 is 5.97 Å². The quantitative estimate of drug-likeness (QED) is 0.690. The summed E-state index contributed by atoms with van der Waals surface area (Å²) in [4.78, 5) is 11.9. The normalized spacial score (nSPS) is 9.47. The molecule has 0 spiro atoms. The highest BCUT2D eigenvalue weighted by molar-refractivity contribution is 9.10.